The summed E-state index contributed by atoms with van der Waals surface area (Å²) in [5.41, 5.74) is 5.34. The highest BCUT2D eigenvalue weighted by Crippen LogP contribution is 2.34. The molecule has 0 saturated carbocycles. The van der Waals surface area contributed by atoms with Crippen molar-refractivity contribution in [2.24, 2.45) is 0 Å². The van der Waals surface area contributed by atoms with Crippen LogP contribution in [0.25, 0.3) is 11.3 Å². The Morgan fingerprint density at radius 2 is 1.88 bits per heavy atom. The predicted octanol–water partition coefficient (Wildman–Crippen LogP) is 2.51. The van der Waals surface area contributed by atoms with Gasteiger partial charge in [0.05, 0.1) is 5.56 Å². The van der Waals surface area contributed by atoms with E-state index in [4.69, 9.17) is 5.73 Å². The third-order valence-electron chi connectivity index (χ3n) is 2.67. The number of ether oxygens (including phenoxy) is 2. The Hall–Kier alpha value is -2.85. The Kier molecular flexibility index (Phi) is 4.90. The molecule has 6 nitrogen and oxygen atoms in total. The monoisotopic (exact) mass is 351 g/mol. The molecule has 1 heterocycles. The van der Waals surface area contributed by atoms with Crippen LogP contribution in [-0.2, 0) is 0 Å². The Bertz CT molecular complexity index is 724. The van der Waals surface area contributed by atoms with Gasteiger partial charge in [0.15, 0.2) is 23.9 Å². The number of alkyl halides is 5. The molecule has 2 N–H and O–H groups in total. The summed E-state index contributed by atoms with van der Waals surface area (Å²) >= 11 is 0. The van der Waals surface area contributed by atoms with Crippen LogP contribution in [0.15, 0.2) is 30.3 Å². The Morgan fingerprint density at radius 3 is 2.46 bits per heavy atom. The van der Waals surface area contributed by atoms with Crippen LogP contribution in [0.3, 0.4) is 0 Å². The van der Waals surface area contributed by atoms with E-state index in [-0.39, 0.29) is 21.9 Å². The minimum absolute atomic E-state index is 0.0651. The first kappa shape index (κ1) is 17.5. The van der Waals surface area contributed by atoms with Crippen LogP contribution in [0, 0.1) is 5.21 Å². The van der Waals surface area contributed by atoms with Crippen LogP contribution in [0.2, 0.25) is 0 Å². The first-order chi connectivity index (χ1) is 11.2. The summed E-state index contributed by atoms with van der Waals surface area (Å²) in [6, 6.07) is 5.68. The maximum atomic E-state index is 12.3. The second-order valence-electron chi connectivity index (χ2n) is 4.46. The zero-order chi connectivity index (χ0) is 17.9. The molecule has 24 heavy (non-hydrogen) atoms. The van der Waals surface area contributed by atoms with Crippen molar-refractivity contribution < 1.29 is 36.3 Å². The van der Waals surface area contributed by atoms with E-state index in [2.05, 4.69) is 14.6 Å². The fourth-order valence-electron chi connectivity index (χ4n) is 1.76. The third-order valence-corrected chi connectivity index (χ3v) is 2.67. The zero-order valence-electron chi connectivity index (χ0n) is 11.8. The summed E-state index contributed by atoms with van der Waals surface area (Å²) in [6.45, 7) is -4.97. The molecule has 0 atom stereocenters. The van der Waals surface area contributed by atoms with Gasteiger partial charge in [-0.25, -0.2) is 0 Å². The quantitative estimate of drug-likeness (QED) is 0.508. The molecule has 2 rings (SSSR count). The molecule has 1 aromatic carbocycles. The number of anilines is 1. The first-order valence-corrected chi connectivity index (χ1v) is 6.31. The molecular weight excluding hydrogens is 341 g/mol. The van der Waals surface area contributed by atoms with Gasteiger partial charge < -0.3 is 20.4 Å². The molecule has 0 fully saturated rings. The van der Waals surface area contributed by atoms with E-state index in [0.717, 1.165) is 12.1 Å². The van der Waals surface area contributed by atoms with Crippen molar-refractivity contribution in [3.05, 3.63) is 35.5 Å². The van der Waals surface area contributed by atoms with Gasteiger partial charge in [-0.15, -0.1) is 0 Å². The van der Waals surface area contributed by atoms with Crippen molar-refractivity contribution in [2.75, 3.05) is 12.3 Å². The highest BCUT2D eigenvalue weighted by Gasteiger charge is 2.29. The maximum Gasteiger partial charge on any atom is 0.422 e. The highest BCUT2D eigenvalue weighted by molar-refractivity contribution is 5.62. The summed E-state index contributed by atoms with van der Waals surface area (Å²) in [5.74, 6) is -1.26. The van der Waals surface area contributed by atoms with Crippen molar-refractivity contribution in [1.29, 1.82) is 0 Å². The Balaban J connectivity index is 2.40. The van der Waals surface area contributed by atoms with Gasteiger partial charge in [-0.05, 0) is 29.1 Å². The van der Waals surface area contributed by atoms with Crippen LogP contribution in [-0.4, -0.2) is 24.5 Å². The van der Waals surface area contributed by atoms with Gasteiger partial charge in [0.25, 0.3) is 5.69 Å². The van der Waals surface area contributed by atoms with E-state index in [1.807, 2.05) is 0 Å². The molecule has 0 radical (unpaired) electrons. The predicted molar refractivity (Wildman–Crippen MR) is 71.2 cm³/mol. The number of rotatable bonds is 5. The molecule has 0 aliphatic rings. The Morgan fingerprint density at radius 1 is 1.17 bits per heavy atom. The largest absolute Gasteiger partial charge is 0.594 e. The lowest BCUT2D eigenvalue weighted by Crippen LogP contribution is -2.34. The van der Waals surface area contributed by atoms with Crippen molar-refractivity contribution in [1.82, 2.24) is 5.10 Å². The molecule has 0 unspecified atom stereocenters. The van der Waals surface area contributed by atoms with Crippen molar-refractivity contribution in [3.8, 4) is 22.8 Å². The average Bonchev–Trinajstić information content (AvgIpc) is 2.45. The van der Waals surface area contributed by atoms with Crippen LogP contribution in [0.4, 0.5) is 27.8 Å². The van der Waals surface area contributed by atoms with Crippen LogP contribution in [0.5, 0.6) is 11.5 Å². The smallest absolute Gasteiger partial charge is 0.422 e. The van der Waals surface area contributed by atoms with Crippen molar-refractivity contribution in [3.63, 3.8) is 0 Å². The van der Waals surface area contributed by atoms with Gasteiger partial charge in [-0.1, -0.05) is 0 Å². The number of nitrogens with zero attached hydrogens (tertiary/aromatic N) is 2. The number of halogens is 5. The number of nitrogens with two attached hydrogens (primary N) is 1. The van der Waals surface area contributed by atoms with E-state index in [9.17, 15) is 27.2 Å². The highest BCUT2D eigenvalue weighted by atomic mass is 19.4. The summed E-state index contributed by atoms with van der Waals surface area (Å²) in [6.07, 6.45) is -4.68. The molecule has 0 aliphatic heterocycles. The number of aromatic nitrogens is 2. The lowest BCUT2D eigenvalue weighted by Gasteiger charge is -2.14. The van der Waals surface area contributed by atoms with Gasteiger partial charge in [0.2, 0.25) is 0 Å². The van der Waals surface area contributed by atoms with E-state index in [1.165, 1.54) is 18.2 Å². The molecule has 0 aliphatic carbocycles. The van der Waals surface area contributed by atoms with Crippen LogP contribution in [0.1, 0.15) is 0 Å². The van der Waals surface area contributed by atoms with E-state index in [0.29, 0.717) is 0 Å². The standard InChI is InChI=1S/C13H10F5N3O3/c14-12(15)24-9-3-1-7(5-10(9)23-6-13(16,17)18)8-2-4-11(19)20-21(8)22/h1-5,12H,6H2,(H2,19,20). The Labute approximate surface area is 131 Å². The van der Waals surface area contributed by atoms with Gasteiger partial charge in [0.1, 0.15) is 0 Å². The molecule has 0 spiro atoms. The fourth-order valence-corrected chi connectivity index (χ4v) is 1.76. The number of benzene rings is 1. The molecule has 0 amide bonds. The molecular formula is C13H10F5N3O3. The summed E-state index contributed by atoms with van der Waals surface area (Å²) in [5, 5.41) is 15.1. The normalized spacial score (nSPS) is 11.6. The lowest BCUT2D eigenvalue weighted by molar-refractivity contribution is -0.656. The third kappa shape index (κ3) is 4.57. The first-order valence-electron chi connectivity index (χ1n) is 6.31. The van der Waals surface area contributed by atoms with Gasteiger partial charge in [-0.2, -0.15) is 22.0 Å². The summed E-state index contributed by atoms with van der Waals surface area (Å²) in [7, 11) is 0. The van der Waals surface area contributed by atoms with Crippen molar-refractivity contribution >= 4 is 5.82 Å². The van der Waals surface area contributed by atoms with Gasteiger partial charge in [0, 0.05) is 11.2 Å². The topological polar surface area (TPSA) is 84.3 Å². The van der Waals surface area contributed by atoms with E-state index in [1.54, 1.807) is 0 Å². The van der Waals surface area contributed by atoms with E-state index < -0.39 is 30.9 Å². The van der Waals surface area contributed by atoms with Crippen LogP contribution >= 0.6 is 0 Å². The second-order valence-corrected chi connectivity index (χ2v) is 4.46. The average molecular weight is 351 g/mol. The number of nitrogen functional groups attached to an aromatic ring is 1. The molecule has 0 saturated heterocycles. The van der Waals surface area contributed by atoms with Gasteiger partial charge in [-0.3, -0.25) is 0 Å². The minimum Gasteiger partial charge on any atom is -0.594 e. The van der Waals surface area contributed by atoms with E-state index >= 15 is 0 Å². The SMILES string of the molecule is Nc1ccc(-c2ccc(OC(F)F)c(OCC(F)(F)F)c2)[n+]([O-])n1. The second kappa shape index (κ2) is 6.72. The van der Waals surface area contributed by atoms with Crippen LogP contribution < -0.4 is 20.1 Å². The molecule has 11 heteroatoms. The lowest BCUT2D eigenvalue weighted by atomic mass is 10.1. The molecule has 0 bridgehead atoms. The van der Waals surface area contributed by atoms with Crippen molar-refractivity contribution in [2.45, 2.75) is 12.8 Å². The fraction of sp³-hybridized carbons (Fsp3) is 0.231. The summed E-state index contributed by atoms with van der Waals surface area (Å²) < 4.78 is 70.1. The molecule has 2 aromatic rings. The number of hydrogen-bond acceptors (Lipinski definition) is 5. The molecule has 130 valence electrons. The van der Waals surface area contributed by atoms with Gasteiger partial charge >= 0.3 is 12.8 Å². The molecule has 1 aromatic heterocycles. The minimum atomic E-state index is -4.68. The zero-order valence-corrected chi connectivity index (χ0v) is 11.8. The number of hydrogen-bond donors (Lipinski definition) is 1. The summed E-state index contributed by atoms with van der Waals surface area (Å²) in [4.78, 5) is 0.145. The maximum absolute atomic E-state index is 12.3.